The van der Waals surface area contributed by atoms with Crippen molar-refractivity contribution in [3.8, 4) is 5.75 Å². The number of nitrogens with zero attached hydrogens (tertiary/aromatic N) is 2. The number of benzene rings is 1. The third-order valence-corrected chi connectivity index (χ3v) is 4.67. The van der Waals surface area contributed by atoms with Crippen molar-refractivity contribution in [2.75, 3.05) is 53.0 Å². The molecule has 3 rings (SSSR count). The molecule has 1 heterocycles. The van der Waals surface area contributed by atoms with Crippen LogP contribution in [-0.2, 0) is 11.3 Å². The fourth-order valence-corrected chi connectivity index (χ4v) is 2.86. The molecule has 2 fully saturated rings. The summed E-state index contributed by atoms with van der Waals surface area (Å²) in [6.45, 7) is 7.00. The van der Waals surface area contributed by atoms with Crippen LogP contribution < -0.4 is 15.4 Å². The van der Waals surface area contributed by atoms with Crippen molar-refractivity contribution in [2.24, 2.45) is 10.9 Å². The van der Waals surface area contributed by atoms with Gasteiger partial charge in [0, 0.05) is 45.3 Å². The van der Waals surface area contributed by atoms with Gasteiger partial charge in [0.1, 0.15) is 12.4 Å². The molecule has 1 saturated heterocycles. The topological polar surface area (TPSA) is 58.1 Å². The van der Waals surface area contributed by atoms with Crippen molar-refractivity contribution in [2.45, 2.75) is 19.4 Å². The Hall–Kier alpha value is -1.06. The van der Waals surface area contributed by atoms with Gasteiger partial charge in [0.05, 0.1) is 13.2 Å². The molecule has 1 saturated carbocycles. The molecule has 0 radical (unpaired) electrons. The average molecular weight is 474 g/mol. The standard InChI is InChI=1S/C19H30N4O2.HI/c1-20-19(21-14-16-6-7-16)22-15-17-4-2-3-5-18(17)25-13-10-23-8-11-24-12-9-23;/h2-5,16H,6-15H2,1H3,(H2,20,21,22);1H. The molecule has 1 aromatic carbocycles. The van der Waals surface area contributed by atoms with Gasteiger partial charge in [-0.15, -0.1) is 24.0 Å². The summed E-state index contributed by atoms with van der Waals surface area (Å²) in [5.74, 6) is 2.63. The quantitative estimate of drug-likeness (QED) is 0.344. The lowest BCUT2D eigenvalue weighted by Gasteiger charge is -2.26. The number of para-hydroxylation sites is 1. The van der Waals surface area contributed by atoms with Gasteiger partial charge in [-0.25, -0.2) is 0 Å². The highest BCUT2D eigenvalue weighted by Gasteiger charge is 2.21. The van der Waals surface area contributed by atoms with E-state index in [1.807, 2.05) is 25.2 Å². The molecule has 6 nitrogen and oxygen atoms in total. The first-order chi connectivity index (χ1) is 12.3. The van der Waals surface area contributed by atoms with Crippen molar-refractivity contribution in [3.05, 3.63) is 29.8 Å². The van der Waals surface area contributed by atoms with Gasteiger partial charge >= 0.3 is 0 Å². The molecule has 7 heteroatoms. The summed E-state index contributed by atoms with van der Waals surface area (Å²) in [6.07, 6.45) is 2.67. The van der Waals surface area contributed by atoms with Gasteiger partial charge in [0.2, 0.25) is 0 Å². The second kappa shape index (κ2) is 11.6. The smallest absolute Gasteiger partial charge is 0.191 e. The van der Waals surface area contributed by atoms with Crippen molar-refractivity contribution in [1.29, 1.82) is 0 Å². The monoisotopic (exact) mass is 474 g/mol. The van der Waals surface area contributed by atoms with E-state index in [2.05, 4.69) is 26.6 Å². The van der Waals surface area contributed by atoms with E-state index in [0.29, 0.717) is 13.2 Å². The van der Waals surface area contributed by atoms with Crippen molar-refractivity contribution < 1.29 is 9.47 Å². The highest BCUT2D eigenvalue weighted by molar-refractivity contribution is 14.0. The first-order valence-corrected chi connectivity index (χ1v) is 9.30. The zero-order chi connectivity index (χ0) is 17.3. The lowest BCUT2D eigenvalue weighted by Crippen LogP contribution is -2.39. The number of hydrogen-bond acceptors (Lipinski definition) is 4. The van der Waals surface area contributed by atoms with E-state index < -0.39 is 0 Å². The Morgan fingerprint density at radius 1 is 1.23 bits per heavy atom. The molecule has 1 aromatic rings. The fourth-order valence-electron chi connectivity index (χ4n) is 2.86. The van der Waals surface area contributed by atoms with E-state index in [1.54, 1.807) is 0 Å². The number of halogens is 1. The van der Waals surface area contributed by atoms with Crippen LogP contribution in [-0.4, -0.2) is 63.9 Å². The number of morpholine rings is 1. The van der Waals surface area contributed by atoms with Crippen molar-refractivity contribution in [1.82, 2.24) is 15.5 Å². The van der Waals surface area contributed by atoms with E-state index >= 15 is 0 Å². The van der Waals surface area contributed by atoms with E-state index in [9.17, 15) is 0 Å². The van der Waals surface area contributed by atoms with Crippen molar-refractivity contribution >= 4 is 29.9 Å². The Kier molecular flexibility index (Phi) is 9.49. The minimum atomic E-state index is 0. The molecule has 0 atom stereocenters. The Morgan fingerprint density at radius 2 is 2.00 bits per heavy atom. The molecule has 0 spiro atoms. The van der Waals surface area contributed by atoms with Gasteiger partial charge < -0.3 is 20.1 Å². The van der Waals surface area contributed by atoms with E-state index in [1.165, 1.54) is 12.8 Å². The van der Waals surface area contributed by atoms with Crippen LogP contribution in [0.2, 0.25) is 0 Å². The second-order valence-electron chi connectivity index (χ2n) is 6.66. The van der Waals surface area contributed by atoms with Crippen LogP contribution in [0, 0.1) is 5.92 Å². The summed E-state index contributed by atoms with van der Waals surface area (Å²) in [5.41, 5.74) is 1.15. The van der Waals surface area contributed by atoms with Crippen LogP contribution in [0.1, 0.15) is 18.4 Å². The van der Waals surface area contributed by atoms with Gasteiger partial charge in [-0.1, -0.05) is 18.2 Å². The number of hydrogen-bond donors (Lipinski definition) is 2. The third-order valence-electron chi connectivity index (χ3n) is 4.67. The molecule has 2 aliphatic rings. The summed E-state index contributed by atoms with van der Waals surface area (Å²) in [7, 11) is 1.81. The Bertz CT molecular complexity index is 560. The summed E-state index contributed by atoms with van der Waals surface area (Å²) in [6, 6.07) is 8.21. The Morgan fingerprint density at radius 3 is 2.73 bits per heavy atom. The van der Waals surface area contributed by atoms with E-state index in [-0.39, 0.29) is 24.0 Å². The SMILES string of the molecule is CN=C(NCc1ccccc1OCCN1CCOCC1)NCC1CC1.I. The number of nitrogens with one attached hydrogen (secondary N) is 2. The molecule has 0 unspecified atom stereocenters. The minimum absolute atomic E-state index is 0. The molecule has 0 aromatic heterocycles. The minimum Gasteiger partial charge on any atom is -0.492 e. The van der Waals surface area contributed by atoms with Crippen LogP contribution in [0.5, 0.6) is 5.75 Å². The van der Waals surface area contributed by atoms with Gasteiger partial charge in [-0.2, -0.15) is 0 Å². The van der Waals surface area contributed by atoms with E-state index in [4.69, 9.17) is 9.47 Å². The second-order valence-corrected chi connectivity index (χ2v) is 6.66. The Balaban J connectivity index is 0.00000243. The molecular weight excluding hydrogens is 443 g/mol. The highest BCUT2D eigenvalue weighted by Crippen LogP contribution is 2.27. The third kappa shape index (κ3) is 7.28. The highest BCUT2D eigenvalue weighted by atomic mass is 127. The van der Waals surface area contributed by atoms with Gasteiger partial charge in [0.15, 0.2) is 5.96 Å². The molecule has 146 valence electrons. The normalized spacial score (nSPS) is 18.1. The van der Waals surface area contributed by atoms with Crippen molar-refractivity contribution in [3.63, 3.8) is 0 Å². The molecule has 26 heavy (non-hydrogen) atoms. The summed E-state index contributed by atoms with van der Waals surface area (Å²) in [4.78, 5) is 6.67. The molecule has 2 N–H and O–H groups in total. The largest absolute Gasteiger partial charge is 0.492 e. The van der Waals surface area contributed by atoms with Gasteiger partial charge in [-0.3, -0.25) is 9.89 Å². The van der Waals surface area contributed by atoms with Crippen LogP contribution in [0.3, 0.4) is 0 Å². The number of guanidine groups is 1. The summed E-state index contributed by atoms with van der Waals surface area (Å²) < 4.78 is 11.4. The number of ether oxygens (including phenoxy) is 2. The first-order valence-electron chi connectivity index (χ1n) is 9.30. The maximum absolute atomic E-state index is 6.03. The predicted molar refractivity (Wildman–Crippen MR) is 116 cm³/mol. The van der Waals surface area contributed by atoms with Crippen LogP contribution in [0.25, 0.3) is 0 Å². The van der Waals surface area contributed by atoms with Gasteiger partial charge in [-0.05, 0) is 24.8 Å². The molecule has 1 aliphatic carbocycles. The maximum atomic E-state index is 6.03. The maximum Gasteiger partial charge on any atom is 0.191 e. The zero-order valence-electron chi connectivity index (χ0n) is 15.6. The number of rotatable bonds is 8. The van der Waals surface area contributed by atoms with E-state index in [0.717, 1.165) is 62.6 Å². The van der Waals surface area contributed by atoms with Crippen LogP contribution in [0.15, 0.2) is 29.3 Å². The molecular formula is C19H31IN4O2. The number of aliphatic imine (C=N–C) groups is 1. The Labute approximate surface area is 173 Å². The average Bonchev–Trinajstić information content (AvgIpc) is 3.48. The molecule has 0 amide bonds. The first kappa shape index (κ1) is 21.2. The predicted octanol–water partition coefficient (Wildman–Crippen LogP) is 2.09. The van der Waals surface area contributed by atoms with Crippen LogP contribution >= 0.6 is 24.0 Å². The lowest BCUT2D eigenvalue weighted by atomic mass is 10.2. The summed E-state index contributed by atoms with van der Waals surface area (Å²) >= 11 is 0. The summed E-state index contributed by atoms with van der Waals surface area (Å²) in [5, 5.41) is 6.77. The molecule has 0 bridgehead atoms. The fraction of sp³-hybridized carbons (Fsp3) is 0.632. The van der Waals surface area contributed by atoms with Crippen LogP contribution in [0.4, 0.5) is 0 Å². The lowest BCUT2D eigenvalue weighted by molar-refractivity contribution is 0.0322. The molecule has 1 aliphatic heterocycles. The van der Waals surface area contributed by atoms with Gasteiger partial charge in [0.25, 0.3) is 0 Å². The zero-order valence-corrected chi connectivity index (χ0v) is 17.9.